The molecule has 1 N–H and O–H groups in total. The van der Waals surface area contributed by atoms with Crippen molar-refractivity contribution in [3.63, 3.8) is 0 Å². The lowest BCUT2D eigenvalue weighted by Crippen LogP contribution is -2.52. The summed E-state index contributed by atoms with van der Waals surface area (Å²) in [6, 6.07) is 2.11. The highest BCUT2D eigenvalue weighted by Crippen LogP contribution is 2.32. The SMILES string of the molecule is CCOC(=O)c1c(C)ncc(C#N)c1N1CCCCC1NC(=O)OC(C)(C)C. The molecule has 0 bridgehead atoms. The number of anilines is 1. The van der Waals surface area contributed by atoms with Crippen molar-refractivity contribution in [3.05, 3.63) is 23.0 Å². The number of carbonyl (C=O) groups excluding carboxylic acids is 2. The van der Waals surface area contributed by atoms with Crippen LogP contribution in [0.1, 0.15) is 68.6 Å². The molecule has 1 atom stereocenters. The highest BCUT2D eigenvalue weighted by molar-refractivity contribution is 5.98. The zero-order valence-electron chi connectivity index (χ0n) is 17.2. The quantitative estimate of drug-likeness (QED) is 0.789. The van der Waals surface area contributed by atoms with Crippen molar-refractivity contribution >= 4 is 17.7 Å². The van der Waals surface area contributed by atoms with Crippen molar-refractivity contribution in [1.29, 1.82) is 5.26 Å². The smallest absolute Gasteiger partial charge is 0.409 e. The lowest BCUT2D eigenvalue weighted by molar-refractivity contribution is 0.0495. The Balaban J connectivity index is 2.44. The highest BCUT2D eigenvalue weighted by Gasteiger charge is 2.32. The maximum Gasteiger partial charge on any atom is 0.409 e. The second-order valence-corrected chi connectivity index (χ2v) is 7.66. The molecule has 28 heavy (non-hydrogen) atoms. The molecule has 1 aliphatic rings. The lowest BCUT2D eigenvalue weighted by Gasteiger charge is -2.39. The number of aromatic nitrogens is 1. The average molecular weight is 388 g/mol. The van der Waals surface area contributed by atoms with Gasteiger partial charge in [0.1, 0.15) is 23.4 Å². The van der Waals surface area contributed by atoms with Crippen molar-refractivity contribution in [3.8, 4) is 6.07 Å². The number of esters is 1. The summed E-state index contributed by atoms with van der Waals surface area (Å²) in [6.07, 6.45) is 2.98. The van der Waals surface area contributed by atoms with Gasteiger partial charge in [-0.3, -0.25) is 4.98 Å². The van der Waals surface area contributed by atoms with Gasteiger partial charge in [0.05, 0.1) is 23.6 Å². The number of aryl methyl sites for hydroxylation is 1. The maximum absolute atomic E-state index is 12.6. The third-order valence-electron chi connectivity index (χ3n) is 4.31. The zero-order valence-corrected chi connectivity index (χ0v) is 17.2. The Kier molecular flexibility index (Phi) is 6.84. The number of piperidine rings is 1. The van der Waals surface area contributed by atoms with Crippen LogP contribution >= 0.6 is 0 Å². The summed E-state index contributed by atoms with van der Waals surface area (Å²) < 4.78 is 10.6. The minimum absolute atomic E-state index is 0.216. The minimum atomic E-state index is -0.620. The van der Waals surface area contributed by atoms with Gasteiger partial charge in [0.15, 0.2) is 0 Å². The van der Waals surface area contributed by atoms with E-state index >= 15 is 0 Å². The molecule has 1 aromatic rings. The molecule has 8 heteroatoms. The van der Waals surface area contributed by atoms with Gasteiger partial charge >= 0.3 is 12.1 Å². The van der Waals surface area contributed by atoms with E-state index in [1.54, 1.807) is 34.6 Å². The van der Waals surface area contributed by atoms with Crippen LogP contribution in [0, 0.1) is 18.3 Å². The molecular formula is C20H28N4O4. The van der Waals surface area contributed by atoms with E-state index in [1.807, 2.05) is 4.90 Å². The van der Waals surface area contributed by atoms with Crippen molar-refractivity contribution in [2.24, 2.45) is 0 Å². The van der Waals surface area contributed by atoms with Crippen LogP contribution in [-0.2, 0) is 9.47 Å². The number of nitrogens with zero attached hydrogens (tertiary/aromatic N) is 3. The number of amides is 1. The van der Waals surface area contributed by atoms with Gasteiger partial charge in [-0.15, -0.1) is 0 Å². The maximum atomic E-state index is 12.6. The summed E-state index contributed by atoms with van der Waals surface area (Å²) in [6.45, 7) is 9.62. The zero-order chi connectivity index (χ0) is 20.9. The first kappa shape index (κ1) is 21.5. The van der Waals surface area contributed by atoms with Gasteiger partial charge in [0, 0.05) is 12.7 Å². The van der Waals surface area contributed by atoms with E-state index in [2.05, 4.69) is 16.4 Å². The molecule has 2 heterocycles. The van der Waals surface area contributed by atoms with Gasteiger partial charge in [0.25, 0.3) is 0 Å². The van der Waals surface area contributed by atoms with Gasteiger partial charge in [-0.05, 0) is 53.9 Å². The van der Waals surface area contributed by atoms with E-state index < -0.39 is 23.8 Å². The summed E-state index contributed by atoms with van der Waals surface area (Å²) in [4.78, 5) is 31.0. The van der Waals surface area contributed by atoms with Gasteiger partial charge in [-0.25, -0.2) is 9.59 Å². The Bertz CT molecular complexity index is 780. The number of carbonyl (C=O) groups is 2. The normalized spacial score (nSPS) is 16.9. The number of alkyl carbamates (subject to hydrolysis) is 1. The number of ether oxygens (including phenoxy) is 2. The Hall–Kier alpha value is -2.82. The molecule has 0 radical (unpaired) electrons. The molecule has 1 aromatic heterocycles. The third kappa shape index (κ3) is 5.12. The monoisotopic (exact) mass is 388 g/mol. The third-order valence-corrected chi connectivity index (χ3v) is 4.31. The van der Waals surface area contributed by atoms with Crippen molar-refractivity contribution in [2.75, 3.05) is 18.1 Å². The van der Waals surface area contributed by atoms with Crippen LogP contribution < -0.4 is 10.2 Å². The first-order valence-electron chi connectivity index (χ1n) is 9.51. The minimum Gasteiger partial charge on any atom is -0.462 e. The first-order chi connectivity index (χ1) is 13.2. The highest BCUT2D eigenvalue weighted by atomic mass is 16.6. The van der Waals surface area contributed by atoms with Crippen LogP contribution in [0.25, 0.3) is 0 Å². The molecule has 0 saturated carbocycles. The van der Waals surface area contributed by atoms with E-state index in [1.165, 1.54) is 6.20 Å². The summed E-state index contributed by atoms with van der Waals surface area (Å²) in [5, 5.41) is 12.5. The summed E-state index contributed by atoms with van der Waals surface area (Å²) >= 11 is 0. The van der Waals surface area contributed by atoms with Gasteiger partial charge in [-0.2, -0.15) is 5.26 Å². The average Bonchev–Trinajstić information content (AvgIpc) is 2.60. The summed E-state index contributed by atoms with van der Waals surface area (Å²) in [5.41, 5.74) is 0.846. The number of nitrogens with one attached hydrogen (secondary N) is 1. The van der Waals surface area contributed by atoms with E-state index in [0.717, 1.165) is 12.8 Å². The number of hydrogen-bond donors (Lipinski definition) is 1. The van der Waals surface area contributed by atoms with Crippen LogP contribution in [0.5, 0.6) is 0 Å². The molecule has 1 aliphatic heterocycles. The summed E-state index contributed by atoms with van der Waals surface area (Å²) in [7, 11) is 0. The molecule has 1 saturated heterocycles. The Morgan fingerprint density at radius 1 is 1.39 bits per heavy atom. The number of rotatable bonds is 4. The molecule has 152 valence electrons. The standard InChI is InChI=1S/C20H28N4O4/c1-6-27-18(25)16-13(2)22-12-14(11-21)17(16)24-10-8-7-9-15(24)23-19(26)28-20(3,4)5/h12,15H,6-10H2,1-5H3,(H,23,26). The Labute approximate surface area is 165 Å². The van der Waals surface area contributed by atoms with E-state index in [-0.39, 0.29) is 17.7 Å². The first-order valence-corrected chi connectivity index (χ1v) is 9.51. The van der Waals surface area contributed by atoms with Crippen LogP contribution in [0.15, 0.2) is 6.20 Å². The van der Waals surface area contributed by atoms with Crippen molar-refractivity contribution < 1.29 is 19.1 Å². The molecule has 1 unspecified atom stereocenters. The molecule has 1 fully saturated rings. The van der Waals surface area contributed by atoms with Gasteiger partial charge in [-0.1, -0.05) is 0 Å². The van der Waals surface area contributed by atoms with Gasteiger partial charge in [0.2, 0.25) is 0 Å². The summed E-state index contributed by atoms with van der Waals surface area (Å²) in [5.74, 6) is -0.527. The Morgan fingerprint density at radius 2 is 2.11 bits per heavy atom. The fourth-order valence-corrected chi connectivity index (χ4v) is 3.21. The lowest BCUT2D eigenvalue weighted by atomic mass is 10.0. The van der Waals surface area contributed by atoms with Crippen LogP contribution in [0.4, 0.5) is 10.5 Å². The van der Waals surface area contributed by atoms with E-state index in [9.17, 15) is 14.9 Å². The number of pyridine rings is 1. The van der Waals surface area contributed by atoms with E-state index in [4.69, 9.17) is 9.47 Å². The van der Waals surface area contributed by atoms with Crippen LogP contribution in [0.3, 0.4) is 0 Å². The second-order valence-electron chi connectivity index (χ2n) is 7.66. The molecule has 1 amide bonds. The van der Waals surface area contributed by atoms with Crippen LogP contribution in [0.2, 0.25) is 0 Å². The number of hydrogen-bond acceptors (Lipinski definition) is 7. The fraction of sp³-hybridized carbons (Fsp3) is 0.600. The molecule has 0 spiro atoms. The number of nitriles is 1. The molecule has 2 rings (SSSR count). The predicted octanol–water partition coefficient (Wildman–Crippen LogP) is 3.28. The molecular weight excluding hydrogens is 360 g/mol. The van der Waals surface area contributed by atoms with Crippen molar-refractivity contribution in [1.82, 2.24) is 10.3 Å². The van der Waals surface area contributed by atoms with Crippen molar-refractivity contribution in [2.45, 2.75) is 65.6 Å². The molecule has 0 aromatic carbocycles. The predicted molar refractivity (Wildman–Crippen MR) is 104 cm³/mol. The largest absolute Gasteiger partial charge is 0.462 e. The molecule has 8 nitrogen and oxygen atoms in total. The topological polar surface area (TPSA) is 105 Å². The molecule has 0 aliphatic carbocycles. The van der Waals surface area contributed by atoms with Gasteiger partial charge < -0.3 is 19.7 Å². The fourth-order valence-electron chi connectivity index (χ4n) is 3.21. The van der Waals surface area contributed by atoms with Crippen LogP contribution in [-0.4, -0.2) is 42.0 Å². The second kappa shape index (κ2) is 8.91. The Morgan fingerprint density at radius 3 is 2.71 bits per heavy atom. The van der Waals surface area contributed by atoms with E-state index in [0.29, 0.717) is 24.3 Å².